The van der Waals surface area contributed by atoms with Crippen LogP contribution in [-0.4, -0.2) is 56.1 Å². The molecule has 0 bridgehead atoms. The van der Waals surface area contributed by atoms with E-state index in [0.717, 1.165) is 58.9 Å². The predicted molar refractivity (Wildman–Crippen MR) is 111 cm³/mol. The first-order chi connectivity index (χ1) is 13.7. The third-order valence-corrected chi connectivity index (χ3v) is 5.90. The predicted octanol–water partition coefficient (Wildman–Crippen LogP) is 2.96. The van der Waals surface area contributed by atoms with Crippen LogP contribution in [0.1, 0.15) is 5.01 Å². The van der Waals surface area contributed by atoms with Crippen LogP contribution in [0.2, 0.25) is 5.02 Å². The van der Waals surface area contributed by atoms with Crippen molar-refractivity contribution in [3.8, 4) is 5.69 Å². The summed E-state index contributed by atoms with van der Waals surface area (Å²) in [7, 11) is 0. The summed E-state index contributed by atoms with van der Waals surface area (Å²) in [5.41, 5.74) is 1.65. The molecule has 142 valence electrons. The Morgan fingerprint density at radius 2 is 1.86 bits per heavy atom. The zero-order valence-corrected chi connectivity index (χ0v) is 16.7. The Bertz CT molecular complexity index is 1130. The highest BCUT2D eigenvalue weighted by atomic mass is 35.5. The lowest BCUT2D eigenvalue weighted by Gasteiger charge is -2.35. The number of anilines is 2. The van der Waals surface area contributed by atoms with Crippen LogP contribution in [0.4, 0.5) is 10.9 Å². The first kappa shape index (κ1) is 17.3. The van der Waals surface area contributed by atoms with Gasteiger partial charge in [0.2, 0.25) is 5.13 Å². The number of halogens is 1. The largest absolute Gasteiger partial charge is 0.352 e. The van der Waals surface area contributed by atoms with Gasteiger partial charge in [0.05, 0.1) is 17.3 Å². The minimum atomic E-state index is 0.665. The molecule has 8 nitrogen and oxygen atoms in total. The lowest BCUT2D eigenvalue weighted by atomic mass is 10.3. The fourth-order valence-electron chi connectivity index (χ4n) is 3.40. The van der Waals surface area contributed by atoms with Gasteiger partial charge in [0.15, 0.2) is 5.65 Å². The molecule has 1 aromatic carbocycles. The minimum absolute atomic E-state index is 0.665. The molecule has 10 heteroatoms. The lowest BCUT2D eigenvalue weighted by molar-refractivity contribution is 0.645. The molecule has 0 N–H and O–H groups in total. The summed E-state index contributed by atoms with van der Waals surface area (Å²) in [5, 5.41) is 16.5. The quantitative estimate of drug-likeness (QED) is 0.512. The van der Waals surface area contributed by atoms with Gasteiger partial charge in [-0.3, -0.25) is 0 Å². The monoisotopic (exact) mass is 412 g/mol. The maximum atomic E-state index is 6.14. The van der Waals surface area contributed by atoms with Gasteiger partial charge >= 0.3 is 0 Å². The number of hydrogen-bond acceptors (Lipinski definition) is 8. The number of hydrogen-bond donors (Lipinski definition) is 0. The van der Waals surface area contributed by atoms with Gasteiger partial charge in [0, 0.05) is 31.2 Å². The summed E-state index contributed by atoms with van der Waals surface area (Å²) in [6, 6.07) is 7.58. The van der Waals surface area contributed by atoms with E-state index in [1.165, 1.54) is 0 Å². The van der Waals surface area contributed by atoms with Gasteiger partial charge in [0.1, 0.15) is 17.2 Å². The SMILES string of the molecule is Cc1nnc(N2CCN(c3ncnc4c3cnn4-c3cccc(Cl)c3)CC2)s1. The second-order valence-electron chi connectivity index (χ2n) is 6.55. The van der Waals surface area contributed by atoms with Crippen LogP contribution in [0.15, 0.2) is 36.8 Å². The van der Waals surface area contributed by atoms with Gasteiger partial charge in [-0.25, -0.2) is 14.6 Å². The van der Waals surface area contributed by atoms with E-state index < -0.39 is 0 Å². The highest BCUT2D eigenvalue weighted by molar-refractivity contribution is 7.15. The maximum Gasteiger partial charge on any atom is 0.208 e. The van der Waals surface area contributed by atoms with Crippen molar-refractivity contribution in [2.45, 2.75) is 6.92 Å². The van der Waals surface area contributed by atoms with Crippen molar-refractivity contribution in [2.75, 3.05) is 36.0 Å². The smallest absolute Gasteiger partial charge is 0.208 e. The Labute approximate surface area is 170 Å². The fourth-order valence-corrected chi connectivity index (χ4v) is 4.33. The van der Waals surface area contributed by atoms with Crippen LogP contribution < -0.4 is 9.80 Å². The summed E-state index contributed by atoms with van der Waals surface area (Å²) in [6.45, 7) is 5.44. The summed E-state index contributed by atoms with van der Waals surface area (Å²) >= 11 is 7.77. The van der Waals surface area contributed by atoms with E-state index in [2.05, 4.69) is 35.1 Å². The van der Waals surface area contributed by atoms with Crippen LogP contribution in [0.5, 0.6) is 0 Å². The molecule has 0 amide bonds. The molecule has 4 heterocycles. The van der Waals surface area contributed by atoms with E-state index in [9.17, 15) is 0 Å². The minimum Gasteiger partial charge on any atom is -0.352 e. The normalized spacial score (nSPS) is 14.8. The number of nitrogens with zero attached hydrogens (tertiary/aromatic N) is 8. The first-order valence-corrected chi connectivity index (χ1v) is 10.1. The molecular formula is C18H17ClN8S. The van der Waals surface area contributed by atoms with Gasteiger partial charge in [-0.05, 0) is 25.1 Å². The third kappa shape index (κ3) is 3.06. The van der Waals surface area contributed by atoms with E-state index in [4.69, 9.17) is 11.6 Å². The number of fused-ring (bicyclic) bond motifs is 1. The number of piperazine rings is 1. The topological polar surface area (TPSA) is 75.9 Å². The lowest BCUT2D eigenvalue weighted by Crippen LogP contribution is -2.46. The number of aryl methyl sites for hydroxylation is 1. The molecule has 1 aliphatic heterocycles. The number of aromatic nitrogens is 6. The van der Waals surface area contributed by atoms with Crippen LogP contribution >= 0.6 is 22.9 Å². The Morgan fingerprint density at radius 1 is 1.04 bits per heavy atom. The average molecular weight is 413 g/mol. The standard InChI is InChI=1S/C18H17ClN8S/c1-12-23-24-18(28-12)26-7-5-25(6-8-26)16-15-10-22-27(17(15)21-11-20-16)14-4-2-3-13(19)9-14/h2-4,9-11H,5-8H2,1H3. The van der Waals surface area contributed by atoms with Gasteiger partial charge in [0.25, 0.3) is 0 Å². The van der Waals surface area contributed by atoms with E-state index >= 15 is 0 Å². The fraction of sp³-hybridized carbons (Fsp3) is 0.278. The summed E-state index contributed by atoms with van der Waals surface area (Å²) < 4.78 is 1.80. The Morgan fingerprint density at radius 3 is 2.61 bits per heavy atom. The van der Waals surface area contributed by atoms with Crippen molar-refractivity contribution in [2.24, 2.45) is 0 Å². The number of rotatable bonds is 3. The summed E-state index contributed by atoms with van der Waals surface area (Å²) in [4.78, 5) is 13.6. The van der Waals surface area contributed by atoms with Crippen LogP contribution in [0.3, 0.4) is 0 Å². The summed E-state index contributed by atoms with van der Waals surface area (Å²) in [5.74, 6) is 0.909. The zero-order valence-electron chi connectivity index (χ0n) is 15.2. The van der Waals surface area contributed by atoms with E-state index in [-0.39, 0.29) is 0 Å². The zero-order chi connectivity index (χ0) is 19.1. The van der Waals surface area contributed by atoms with Crippen molar-refractivity contribution in [3.05, 3.63) is 46.8 Å². The van der Waals surface area contributed by atoms with Gasteiger partial charge in [-0.2, -0.15) is 5.10 Å². The van der Waals surface area contributed by atoms with Crippen LogP contribution in [-0.2, 0) is 0 Å². The molecule has 0 unspecified atom stereocenters. The van der Waals surface area contributed by atoms with Crippen molar-refractivity contribution in [3.63, 3.8) is 0 Å². The highest BCUT2D eigenvalue weighted by Crippen LogP contribution is 2.27. The van der Waals surface area contributed by atoms with Gasteiger partial charge in [-0.1, -0.05) is 29.0 Å². The highest BCUT2D eigenvalue weighted by Gasteiger charge is 2.23. The van der Waals surface area contributed by atoms with Crippen molar-refractivity contribution < 1.29 is 0 Å². The summed E-state index contributed by atoms with van der Waals surface area (Å²) in [6.07, 6.45) is 3.42. The molecule has 5 rings (SSSR count). The van der Waals surface area contributed by atoms with Crippen molar-refractivity contribution in [1.29, 1.82) is 0 Å². The molecule has 1 saturated heterocycles. The molecule has 28 heavy (non-hydrogen) atoms. The van der Waals surface area contributed by atoms with Crippen molar-refractivity contribution >= 4 is 44.9 Å². The van der Waals surface area contributed by atoms with Crippen molar-refractivity contribution in [1.82, 2.24) is 29.9 Å². The molecule has 1 fully saturated rings. The molecule has 0 aliphatic carbocycles. The first-order valence-electron chi connectivity index (χ1n) is 8.94. The Kier molecular flexibility index (Phi) is 4.33. The van der Waals surface area contributed by atoms with Crippen LogP contribution in [0, 0.1) is 6.92 Å². The third-order valence-electron chi connectivity index (χ3n) is 4.76. The molecular weight excluding hydrogens is 396 g/mol. The van der Waals surface area contributed by atoms with Crippen LogP contribution in [0.25, 0.3) is 16.7 Å². The van der Waals surface area contributed by atoms with E-state index in [1.807, 2.05) is 37.4 Å². The molecule has 0 saturated carbocycles. The second-order valence-corrected chi connectivity index (χ2v) is 8.15. The molecule has 3 aromatic heterocycles. The second kappa shape index (κ2) is 6.99. The maximum absolute atomic E-state index is 6.14. The number of benzene rings is 1. The molecule has 0 atom stereocenters. The molecule has 0 spiro atoms. The Hall–Kier alpha value is -2.78. The van der Waals surface area contributed by atoms with Gasteiger partial charge < -0.3 is 9.80 Å². The molecule has 4 aromatic rings. The average Bonchev–Trinajstić information content (AvgIpc) is 3.34. The molecule has 0 radical (unpaired) electrons. The van der Waals surface area contributed by atoms with E-state index in [0.29, 0.717) is 5.02 Å². The van der Waals surface area contributed by atoms with Gasteiger partial charge in [-0.15, -0.1) is 10.2 Å². The molecule has 1 aliphatic rings. The van der Waals surface area contributed by atoms with E-state index in [1.54, 1.807) is 22.3 Å². The Balaban J connectivity index is 1.43.